The van der Waals surface area contributed by atoms with Gasteiger partial charge >= 0.3 is 0 Å². The van der Waals surface area contributed by atoms with Crippen LogP contribution in [0.4, 0.5) is 0 Å². The third-order valence-corrected chi connectivity index (χ3v) is 3.30. The lowest BCUT2D eigenvalue weighted by atomic mass is 10.1. The Kier molecular flexibility index (Phi) is 3.75. The molecule has 0 heterocycles. The Bertz CT molecular complexity index is 284. The van der Waals surface area contributed by atoms with Crippen LogP contribution in [0.15, 0.2) is 30.3 Å². The van der Waals surface area contributed by atoms with Crippen LogP contribution in [-0.2, 0) is 6.54 Å². The largest absolute Gasteiger partial charge is 0.315 e. The molecule has 2 heteroatoms. The van der Waals surface area contributed by atoms with Gasteiger partial charge in [-0.25, -0.2) is 0 Å². The summed E-state index contributed by atoms with van der Waals surface area (Å²) >= 11 is 0. The summed E-state index contributed by atoms with van der Waals surface area (Å²) in [5, 5.41) is 7.02. The third-order valence-electron chi connectivity index (χ3n) is 3.30. The van der Waals surface area contributed by atoms with Crippen molar-refractivity contribution in [1.82, 2.24) is 10.6 Å². The van der Waals surface area contributed by atoms with Crippen molar-refractivity contribution in [2.45, 2.75) is 37.9 Å². The summed E-state index contributed by atoms with van der Waals surface area (Å²) in [5.74, 6) is 0. The van der Waals surface area contributed by atoms with Crippen LogP contribution in [0.25, 0.3) is 0 Å². The summed E-state index contributed by atoms with van der Waals surface area (Å²) in [6.07, 6.45) is 3.96. The van der Waals surface area contributed by atoms with E-state index in [1.165, 1.54) is 24.8 Å². The lowest BCUT2D eigenvalue weighted by Crippen LogP contribution is -2.42. The first-order chi connectivity index (χ1) is 7.40. The molecule has 0 radical (unpaired) electrons. The lowest BCUT2D eigenvalue weighted by molar-refractivity contribution is 0.430. The van der Waals surface area contributed by atoms with Crippen molar-refractivity contribution in [3.63, 3.8) is 0 Å². The summed E-state index contributed by atoms with van der Waals surface area (Å²) in [4.78, 5) is 0. The molecule has 2 nitrogen and oxygen atoms in total. The fourth-order valence-electron chi connectivity index (χ4n) is 2.39. The summed E-state index contributed by atoms with van der Waals surface area (Å²) in [5.41, 5.74) is 1.37. The number of hydrogen-bond acceptors (Lipinski definition) is 2. The minimum Gasteiger partial charge on any atom is -0.315 e. The molecule has 0 bridgehead atoms. The highest BCUT2D eigenvalue weighted by Gasteiger charge is 2.24. The predicted molar refractivity (Wildman–Crippen MR) is 63.8 cm³/mol. The first kappa shape index (κ1) is 10.7. The summed E-state index contributed by atoms with van der Waals surface area (Å²) in [6.45, 7) is 0.990. The van der Waals surface area contributed by atoms with Gasteiger partial charge in [-0.1, -0.05) is 36.8 Å². The maximum absolute atomic E-state index is 3.64. The van der Waals surface area contributed by atoms with E-state index in [4.69, 9.17) is 0 Å². The molecule has 1 aliphatic rings. The van der Waals surface area contributed by atoms with E-state index in [1.54, 1.807) is 0 Å². The predicted octanol–water partition coefficient (Wildman–Crippen LogP) is 1.92. The second-order valence-electron chi connectivity index (χ2n) is 4.30. The standard InChI is InChI=1S/C13H20N2/c1-14-12-8-5-9-13(12)15-10-11-6-3-2-4-7-11/h2-4,6-7,12-15H,5,8-10H2,1H3. The summed E-state index contributed by atoms with van der Waals surface area (Å²) in [6, 6.07) is 11.9. The molecule has 2 atom stereocenters. The maximum atomic E-state index is 3.64. The molecular formula is C13H20N2. The molecule has 0 saturated heterocycles. The SMILES string of the molecule is CNC1CCCC1NCc1ccccc1. The van der Waals surface area contributed by atoms with E-state index in [2.05, 4.69) is 48.0 Å². The molecule has 1 saturated carbocycles. The number of hydrogen-bond donors (Lipinski definition) is 2. The quantitative estimate of drug-likeness (QED) is 0.783. The molecule has 0 aromatic heterocycles. The van der Waals surface area contributed by atoms with Crippen molar-refractivity contribution < 1.29 is 0 Å². The summed E-state index contributed by atoms with van der Waals surface area (Å²) < 4.78 is 0. The van der Waals surface area contributed by atoms with E-state index in [-0.39, 0.29) is 0 Å². The Balaban J connectivity index is 1.83. The van der Waals surface area contributed by atoms with Crippen LogP contribution < -0.4 is 10.6 Å². The van der Waals surface area contributed by atoms with E-state index in [0.717, 1.165) is 6.54 Å². The fourth-order valence-corrected chi connectivity index (χ4v) is 2.39. The molecule has 1 fully saturated rings. The highest BCUT2D eigenvalue weighted by atomic mass is 15.0. The van der Waals surface area contributed by atoms with Gasteiger partial charge in [-0.3, -0.25) is 0 Å². The van der Waals surface area contributed by atoms with Gasteiger partial charge in [0.05, 0.1) is 0 Å². The average molecular weight is 204 g/mol. The van der Waals surface area contributed by atoms with Crippen LogP contribution in [0.1, 0.15) is 24.8 Å². The summed E-state index contributed by atoms with van der Waals surface area (Å²) in [7, 11) is 2.06. The number of benzene rings is 1. The van der Waals surface area contributed by atoms with Gasteiger partial charge in [0.15, 0.2) is 0 Å². The molecule has 15 heavy (non-hydrogen) atoms. The van der Waals surface area contributed by atoms with E-state index < -0.39 is 0 Å². The molecule has 2 unspecified atom stereocenters. The van der Waals surface area contributed by atoms with E-state index in [0.29, 0.717) is 12.1 Å². The minimum absolute atomic E-state index is 0.648. The molecule has 82 valence electrons. The van der Waals surface area contributed by atoms with Crippen LogP contribution >= 0.6 is 0 Å². The van der Waals surface area contributed by atoms with Crippen molar-refractivity contribution in [3.05, 3.63) is 35.9 Å². The zero-order chi connectivity index (χ0) is 10.5. The number of nitrogens with one attached hydrogen (secondary N) is 2. The van der Waals surface area contributed by atoms with Crippen molar-refractivity contribution >= 4 is 0 Å². The normalized spacial score (nSPS) is 25.7. The van der Waals surface area contributed by atoms with Gasteiger partial charge in [0.1, 0.15) is 0 Å². The highest BCUT2D eigenvalue weighted by Crippen LogP contribution is 2.19. The van der Waals surface area contributed by atoms with Crippen molar-refractivity contribution in [1.29, 1.82) is 0 Å². The van der Waals surface area contributed by atoms with Crippen LogP contribution in [0, 0.1) is 0 Å². The fraction of sp³-hybridized carbons (Fsp3) is 0.538. The van der Waals surface area contributed by atoms with Gasteiger partial charge < -0.3 is 10.6 Å². The molecule has 1 aliphatic carbocycles. The smallest absolute Gasteiger partial charge is 0.0224 e. The second kappa shape index (κ2) is 5.29. The topological polar surface area (TPSA) is 24.1 Å². The van der Waals surface area contributed by atoms with Gasteiger partial charge in [0.25, 0.3) is 0 Å². The first-order valence-electron chi connectivity index (χ1n) is 5.84. The van der Waals surface area contributed by atoms with Crippen LogP contribution in [0.2, 0.25) is 0 Å². The molecule has 2 rings (SSSR count). The minimum atomic E-state index is 0.648. The van der Waals surface area contributed by atoms with Crippen molar-refractivity contribution in [2.24, 2.45) is 0 Å². The Labute approximate surface area is 92.1 Å². The second-order valence-corrected chi connectivity index (χ2v) is 4.30. The van der Waals surface area contributed by atoms with Gasteiger partial charge in [0.2, 0.25) is 0 Å². The monoisotopic (exact) mass is 204 g/mol. The number of rotatable bonds is 4. The Hall–Kier alpha value is -0.860. The highest BCUT2D eigenvalue weighted by molar-refractivity contribution is 5.14. The van der Waals surface area contributed by atoms with Gasteiger partial charge in [-0.15, -0.1) is 0 Å². The van der Waals surface area contributed by atoms with Crippen molar-refractivity contribution in [2.75, 3.05) is 7.05 Å². The van der Waals surface area contributed by atoms with Gasteiger partial charge in [-0.2, -0.15) is 0 Å². The van der Waals surface area contributed by atoms with Gasteiger partial charge in [-0.05, 0) is 25.5 Å². The maximum Gasteiger partial charge on any atom is 0.0224 e. The average Bonchev–Trinajstić information content (AvgIpc) is 2.75. The Morgan fingerprint density at radius 3 is 2.60 bits per heavy atom. The van der Waals surface area contributed by atoms with E-state index in [1.807, 2.05) is 0 Å². The molecule has 2 N–H and O–H groups in total. The Morgan fingerprint density at radius 1 is 1.13 bits per heavy atom. The lowest BCUT2D eigenvalue weighted by Gasteiger charge is -2.20. The zero-order valence-corrected chi connectivity index (χ0v) is 9.37. The molecule has 0 amide bonds. The van der Waals surface area contributed by atoms with Crippen LogP contribution in [0.3, 0.4) is 0 Å². The van der Waals surface area contributed by atoms with Gasteiger partial charge in [0, 0.05) is 18.6 Å². The zero-order valence-electron chi connectivity index (χ0n) is 9.37. The molecule has 0 aliphatic heterocycles. The Morgan fingerprint density at radius 2 is 1.87 bits per heavy atom. The molecule has 0 spiro atoms. The third kappa shape index (κ3) is 2.80. The van der Waals surface area contributed by atoms with Crippen LogP contribution in [0.5, 0.6) is 0 Å². The molecular weight excluding hydrogens is 184 g/mol. The molecule has 1 aromatic carbocycles. The van der Waals surface area contributed by atoms with E-state index >= 15 is 0 Å². The number of likely N-dealkylation sites (N-methyl/N-ethyl adjacent to an activating group) is 1. The van der Waals surface area contributed by atoms with Crippen molar-refractivity contribution in [3.8, 4) is 0 Å². The molecule has 1 aromatic rings. The first-order valence-corrected chi connectivity index (χ1v) is 5.84. The van der Waals surface area contributed by atoms with Crippen LogP contribution in [-0.4, -0.2) is 19.1 Å². The van der Waals surface area contributed by atoms with E-state index in [9.17, 15) is 0 Å².